The van der Waals surface area contributed by atoms with Crippen molar-refractivity contribution >= 4 is 43.9 Å². The van der Waals surface area contributed by atoms with Crippen molar-refractivity contribution in [2.45, 2.75) is 12.0 Å². The van der Waals surface area contributed by atoms with Crippen LogP contribution in [0.15, 0.2) is 161 Å². The van der Waals surface area contributed by atoms with Gasteiger partial charge in [0.05, 0.1) is 0 Å². The van der Waals surface area contributed by atoms with Crippen molar-refractivity contribution in [2.24, 2.45) is 0 Å². The summed E-state index contributed by atoms with van der Waals surface area (Å²) in [6.07, 6.45) is 8.38. The fraction of sp³-hybridized carbons (Fsp3) is 0.0444. The van der Waals surface area contributed by atoms with Gasteiger partial charge < -0.3 is 13.6 Å². The lowest BCUT2D eigenvalue weighted by Crippen LogP contribution is -2.16. The molecule has 0 spiro atoms. The van der Waals surface area contributed by atoms with Gasteiger partial charge in [-0.1, -0.05) is 109 Å². The van der Waals surface area contributed by atoms with Crippen LogP contribution in [-0.2, 0) is 0 Å². The SMILES string of the molecule is C1=CC2Oc3cccc(-c4nc(-c5ccccc5)nc(-c5c(-c6cccc7oc8ccccc8c67)ccc6oc7ccccc7c56)n4)c3C2C=C1. The highest BCUT2D eigenvalue weighted by atomic mass is 16.5. The number of furan rings is 2. The van der Waals surface area contributed by atoms with Crippen LogP contribution in [0.2, 0.25) is 0 Å². The summed E-state index contributed by atoms with van der Waals surface area (Å²) in [6.45, 7) is 0. The van der Waals surface area contributed by atoms with Gasteiger partial charge in [-0.15, -0.1) is 0 Å². The summed E-state index contributed by atoms with van der Waals surface area (Å²) in [6, 6.07) is 43.0. The molecule has 6 heteroatoms. The number of nitrogens with zero attached hydrogens (tertiary/aromatic N) is 3. The maximum atomic E-state index is 6.48. The van der Waals surface area contributed by atoms with Crippen molar-refractivity contribution in [1.29, 1.82) is 0 Å². The second kappa shape index (κ2) is 10.9. The molecule has 3 aromatic heterocycles. The second-order valence-electron chi connectivity index (χ2n) is 13.0. The molecule has 9 aromatic rings. The molecule has 6 aromatic carbocycles. The first-order chi connectivity index (χ1) is 25.3. The average molecular weight is 658 g/mol. The minimum Gasteiger partial charge on any atom is -0.485 e. The molecular weight excluding hydrogens is 631 g/mol. The van der Waals surface area contributed by atoms with Crippen LogP contribution in [0.25, 0.3) is 89.2 Å². The van der Waals surface area contributed by atoms with E-state index in [1.54, 1.807) is 0 Å². The molecule has 0 radical (unpaired) electrons. The monoisotopic (exact) mass is 657 g/mol. The Morgan fingerprint density at radius 3 is 1.94 bits per heavy atom. The van der Waals surface area contributed by atoms with E-state index in [4.69, 9.17) is 28.5 Å². The second-order valence-corrected chi connectivity index (χ2v) is 13.0. The van der Waals surface area contributed by atoms with E-state index in [0.29, 0.717) is 17.5 Å². The summed E-state index contributed by atoms with van der Waals surface area (Å²) in [5, 5.41) is 4.04. The minimum absolute atomic E-state index is 0.0605. The number of hydrogen-bond acceptors (Lipinski definition) is 6. The number of hydrogen-bond donors (Lipinski definition) is 0. The highest BCUT2D eigenvalue weighted by Crippen LogP contribution is 2.48. The van der Waals surface area contributed by atoms with Gasteiger partial charge in [0, 0.05) is 49.7 Å². The van der Waals surface area contributed by atoms with Crippen molar-refractivity contribution in [2.75, 3.05) is 0 Å². The highest BCUT2D eigenvalue weighted by Gasteiger charge is 2.35. The van der Waals surface area contributed by atoms with Gasteiger partial charge in [-0.05, 0) is 53.6 Å². The zero-order valence-electron chi connectivity index (χ0n) is 27.2. The smallest absolute Gasteiger partial charge is 0.165 e. The summed E-state index contributed by atoms with van der Waals surface area (Å²) in [7, 11) is 0. The Morgan fingerprint density at radius 1 is 0.451 bits per heavy atom. The molecule has 0 amide bonds. The number of rotatable bonds is 4. The van der Waals surface area contributed by atoms with Gasteiger partial charge in [-0.2, -0.15) is 0 Å². The maximum absolute atomic E-state index is 6.48. The normalized spacial score (nSPS) is 16.2. The number of allylic oxidation sites excluding steroid dienone is 2. The molecule has 6 nitrogen and oxygen atoms in total. The summed E-state index contributed by atoms with van der Waals surface area (Å²) >= 11 is 0. The predicted molar refractivity (Wildman–Crippen MR) is 202 cm³/mol. The van der Waals surface area contributed by atoms with Gasteiger partial charge in [0.1, 0.15) is 34.2 Å². The predicted octanol–water partition coefficient (Wildman–Crippen LogP) is 11.3. The van der Waals surface area contributed by atoms with Crippen LogP contribution < -0.4 is 4.74 Å². The molecule has 240 valence electrons. The molecule has 51 heavy (non-hydrogen) atoms. The summed E-state index contributed by atoms with van der Waals surface area (Å²) in [4.78, 5) is 15.8. The molecule has 2 unspecified atom stereocenters. The first-order valence-corrected chi connectivity index (χ1v) is 17.1. The van der Waals surface area contributed by atoms with E-state index in [0.717, 1.165) is 83.0 Å². The molecule has 0 bridgehead atoms. The Balaban J connectivity index is 1.25. The van der Waals surface area contributed by atoms with Gasteiger partial charge >= 0.3 is 0 Å². The zero-order valence-corrected chi connectivity index (χ0v) is 27.2. The third-order valence-corrected chi connectivity index (χ3v) is 10.1. The van der Waals surface area contributed by atoms with Crippen LogP contribution in [0.3, 0.4) is 0 Å². The Morgan fingerprint density at radius 2 is 1.10 bits per heavy atom. The Hall–Kier alpha value is -6.79. The number of ether oxygens (including phenoxy) is 1. The van der Waals surface area contributed by atoms with Gasteiger partial charge in [0.2, 0.25) is 0 Å². The fourth-order valence-electron chi connectivity index (χ4n) is 7.89. The lowest BCUT2D eigenvalue weighted by atomic mass is 9.88. The third kappa shape index (κ3) is 4.26. The molecule has 11 rings (SSSR count). The Labute approximate surface area is 292 Å². The molecule has 0 fully saturated rings. The van der Waals surface area contributed by atoms with E-state index >= 15 is 0 Å². The summed E-state index contributed by atoms with van der Waals surface area (Å²) in [5.41, 5.74) is 9.02. The van der Waals surface area contributed by atoms with Crippen molar-refractivity contribution in [1.82, 2.24) is 15.0 Å². The quantitative estimate of drug-likeness (QED) is 0.187. The highest BCUT2D eigenvalue weighted by molar-refractivity contribution is 6.19. The van der Waals surface area contributed by atoms with Crippen molar-refractivity contribution in [3.05, 3.63) is 157 Å². The van der Waals surface area contributed by atoms with Gasteiger partial charge in [-0.25, -0.2) is 15.0 Å². The van der Waals surface area contributed by atoms with Gasteiger partial charge in [0.25, 0.3) is 0 Å². The zero-order chi connectivity index (χ0) is 33.5. The molecule has 2 aliphatic rings. The van der Waals surface area contributed by atoms with E-state index in [1.165, 1.54) is 0 Å². The van der Waals surface area contributed by atoms with Crippen LogP contribution in [0.4, 0.5) is 0 Å². The largest absolute Gasteiger partial charge is 0.485 e. The van der Waals surface area contributed by atoms with Crippen LogP contribution in [0, 0.1) is 0 Å². The minimum atomic E-state index is -0.0658. The van der Waals surface area contributed by atoms with Crippen LogP contribution >= 0.6 is 0 Å². The van der Waals surface area contributed by atoms with E-state index in [9.17, 15) is 0 Å². The average Bonchev–Trinajstić information content (AvgIpc) is 3.89. The molecule has 4 heterocycles. The molecule has 0 N–H and O–H groups in total. The van der Waals surface area contributed by atoms with Crippen molar-refractivity contribution in [3.8, 4) is 51.0 Å². The lowest BCUT2D eigenvalue weighted by molar-refractivity contribution is 0.269. The third-order valence-electron chi connectivity index (χ3n) is 10.1. The Bertz CT molecular complexity index is 2920. The van der Waals surface area contributed by atoms with Crippen LogP contribution in [0.5, 0.6) is 5.75 Å². The van der Waals surface area contributed by atoms with Crippen molar-refractivity contribution in [3.63, 3.8) is 0 Å². The van der Waals surface area contributed by atoms with Crippen molar-refractivity contribution < 1.29 is 13.6 Å². The Kier molecular flexibility index (Phi) is 5.98. The van der Waals surface area contributed by atoms with Crippen LogP contribution in [0.1, 0.15) is 11.5 Å². The first-order valence-electron chi connectivity index (χ1n) is 17.1. The van der Waals surface area contributed by atoms with E-state index in [2.05, 4.69) is 60.7 Å². The van der Waals surface area contributed by atoms with E-state index in [-0.39, 0.29) is 12.0 Å². The summed E-state index contributed by atoms with van der Waals surface area (Å²) in [5.74, 6) is 2.65. The summed E-state index contributed by atoms with van der Waals surface area (Å²) < 4.78 is 19.3. The molecule has 1 aliphatic heterocycles. The van der Waals surface area contributed by atoms with Crippen LogP contribution in [-0.4, -0.2) is 21.1 Å². The maximum Gasteiger partial charge on any atom is 0.165 e. The standard InChI is InChI=1S/C45H27N3O3/c1-2-12-26(13-3-1)43-46-44(32-18-11-23-37-40(32)30-15-5-8-20-34(30)50-37)48-45(47-43)42-28(24-25-38-41(42)31-16-6-9-21-35(31)51-38)27-17-10-22-36-39(27)29-14-4-7-19-33(29)49-36/h1-25,30,34H. The number of benzene rings is 6. The van der Waals surface area contributed by atoms with E-state index in [1.807, 2.05) is 91.0 Å². The van der Waals surface area contributed by atoms with Gasteiger partial charge in [-0.3, -0.25) is 0 Å². The number of para-hydroxylation sites is 2. The molecule has 0 saturated carbocycles. The fourth-order valence-corrected chi connectivity index (χ4v) is 7.89. The topological polar surface area (TPSA) is 74.2 Å². The molecule has 1 aliphatic carbocycles. The van der Waals surface area contributed by atoms with Gasteiger partial charge in [0.15, 0.2) is 17.5 Å². The number of aromatic nitrogens is 3. The number of fused-ring (bicyclic) bond motifs is 9. The molecular formula is C45H27N3O3. The lowest BCUT2D eigenvalue weighted by Gasteiger charge is -2.17. The molecule has 0 saturated heterocycles. The van der Waals surface area contributed by atoms with E-state index < -0.39 is 0 Å². The first kappa shape index (κ1) is 28.1. The molecule has 2 atom stereocenters.